The molecule has 1 aromatic rings. The van der Waals surface area contributed by atoms with Gasteiger partial charge < -0.3 is 23.8 Å². The Bertz CT molecular complexity index is 751. The third-order valence-electron chi connectivity index (χ3n) is 5.30. The maximum atomic E-state index is 13.4. The first-order valence-electron chi connectivity index (χ1n) is 10.7. The maximum absolute atomic E-state index is 13.4. The number of benzene rings is 1. The number of aryl methyl sites for hydroxylation is 1. The number of carbonyl (C=O) groups excluding carboxylic acids is 2. The molecule has 2 aliphatic heterocycles. The number of hydrogen-bond donors (Lipinski definition) is 0. The van der Waals surface area contributed by atoms with E-state index in [0.29, 0.717) is 38.3 Å². The first-order chi connectivity index (χ1) is 14.3. The predicted molar refractivity (Wildman–Crippen MR) is 113 cm³/mol. The van der Waals surface area contributed by atoms with Gasteiger partial charge in [0.2, 0.25) is 5.91 Å². The molecular formula is C23H33NO6. The van der Waals surface area contributed by atoms with Crippen LogP contribution in [0.15, 0.2) is 18.2 Å². The summed E-state index contributed by atoms with van der Waals surface area (Å²) < 4.78 is 22.4. The molecule has 2 aliphatic rings. The van der Waals surface area contributed by atoms with Gasteiger partial charge in [0.25, 0.3) is 0 Å². The summed E-state index contributed by atoms with van der Waals surface area (Å²) in [7, 11) is 1.59. The number of amides is 1. The lowest BCUT2D eigenvalue weighted by atomic mass is 10.00. The summed E-state index contributed by atoms with van der Waals surface area (Å²) in [6, 6.07) is 5.68. The summed E-state index contributed by atoms with van der Waals surface area (Å²) in [6.07, 6.45) is 3.78. The number of nitrogens with zero attached hydrogens (tertiary/aromatic N) is 1. The van der Waals surface area contributed by atoms with E-state index >= 15 is 0 Å². The summed E-state index contributed by atoms with van der Waals surface area (Å²) in [4.78, 5) is 27.8. The van der Waals surface area contributed by atoms with Crippen LogP contribution in [0.2, 0.25) is 0 Å². The molecule has 166 valence electrons. The fourth-order valence-corrected chi connectivity index (χ4v) is 3.80. The number of carbonyl (C=O) groups is 2. The highest BCUT2D eigenvalue weighted by Gasteiger charge is 2.37. The van der Waals surface area contributed by atoms with E-state index in [2.05, 4.69) is 0 Å². The highest BCUT2D eigenvalue weighted by molar-refractivity contribution is 6.07. The lowest BCUT2D eigenvalue weighted by Gasteiger charge is -2.29. The van der Waals surface area contributed by atoms with Gasteiger partial charge >= 0.3 is 5.97 Å². The minimum Gasteiger partial charge on any atom is -0.497 e. The normalized spacial score (nSPS) is 22.3. The minimum absolute atomic E-state index is 0.229. The van der Waals surface area contributed by atoms with Gasteiger partial charge in [0.1, 0.15) is 17.3 Å². The van der Waals surface area contributed by atoms with E-state index in [0.717, 1.165) is 30.5 Å². The molecule has 7 nitrogen and oxygen atoms in total. The van der Waals surface area contributed by atoms with E-state index in [1.807, 2.05) is 39.0 Å². The zero-order chi connectivity index (χ0) is 21.7. The molecule has 0 saturated carbocycles. The maximum Gasteiger partial charge on any atom is 0.319 e. The van der Waals surface area contributed by atoms with Gasteiger partial charge in [-0.3, -0.25) is 9.59 Å². The van der Waals surface area contributed by atoms with Gasteiger partial charge in [-0.05, 0) is 64.5 Å². The van der Waals surface area contributed by atoms with Gasteiger partial charge in [0.15, 0.2) is 6.29 Å². The van der Waals surface area contributed by atoms with Crippen LogP contribution in [0.25, 0.3) is 0 Å². The largest absolute Gasteiger partial charge is 0.497 e. The lowest BCUT2D eigenvalue weighted by molar-refractivity contribution is -0.164. The van der Waals surface area contributed by atoms with Crippen LogP contribution in [0.4, 0.5) is 5.69 Å². The van der Waals surface area contributed by atoms with E-state index in [-0.39, 0.29) is 12.2 Å². The van der Waals surface area contributed by atoms with E-state index in [4.69, 9.17) is 18.9 Å². The first-order valence-corrected chi connectivity index (χ1v) is 10.7. The first kappa shape index (κ1) is 22.6. The van der Waals surface area contributed by atoms with Crippen LogP contribution in [-0.4, -0.2) is 50.6 Å². The van der Waals surface area contributed by atoms with Crippen molar-refractivity contribution in [1.29, 1.82) is 0 Å². The number of esters is 1. The van der Waals surface area contributed by atoms with Crippen LogP contribution in [0.3, 0.4) is 0 Å². The van der Waals surface area contributed by atoms with Crippen molar-refractivity contribution in [1.82, 2.24) is 0 Å². The van der Waals surface area contributed by atoms with Crippen molar-refractivity contribution in [3.05, 3.63) is 23.8 Å². The number of methoxy groups -OCH3 is 1. The monoisotopic (exact) mass is 419 g/mol. The van der Waals surface area contributed by atoms with Crippen molar-refractivity contribution in [3.63, 3.8) is 0 Å². The fraction of sp³-hybridized carbons (Fsp3) is 0.652. The standard InChI is InChI=1S/C23H33NO6/c1-23(2,3)30-22(26)18-11-9-16-8-10-17(27-4)15-19(16)24(21(18)25)12-14-29-20-7-5-6-13-28-20/h8,10,15,18,20H,5-7,9,11-14H2,1-4H3/t18-,20+/m1/s1. The van der Waals surface area contributed by atoms with Crippen molar-refractivity contribution in [2.45, 2.75) is 64.8 Å². The molecule has 1 aromatic carbocycles. The number of rotatable bonds is 6. The molecule has 2 atom stereocenters. The van der Waals surface area contributed by atoms with Gasteiger partial charge in [-0.1, -0.05) is 6.07 Å². The molecule has 2 heterocycles. The molecule has 0 bridgehead atoms. The van der Waals surface area contributed by atoms with Gasteiger partial charge in [0, 0.05) is 19.2 Å². The average Bonchev–Trinajstić information content (AvgIpc) is 2.84. The number of anilines is 1. The van der Waals surface area contributed by atoms with Crippen LogP contribution in [0, 0.1) is 5.92 Å². The molecule has 7 heteroatoms. The van der Waals surface area contributed by atoms with Gasteiger partial charge in [-0.15, -0.1) is 0 Å². The number of hydrogen-bond acceptors (Lipinski definition) is 6. The summed E-state index contributed by atoms with van der Waals surface area (Å²) in [5.74, 6) is -0.912. The van der Waals surface area contributed by atoms with Gasteiger partial charge in [-0.25, -0.2) is 0 Å². The highest BCUT2D eigenvalue weighted by atomic mass is 16.7. The Labute approximate surface area is 178 Å². The molecule has 0 radical (unpaired) electrons. The Morgan fingerprint density at radius 1 is 1.23 bits per heavy atom. The van der Waals surface area contributed by atoms with Crippen LogP contribution in [-0.2, 0) is 30.2 Å². The van der Waals surface area contributed by atoms with Crippen molar-refractivity contribution in [2.24, 2.45) is 5.92 Å². The smallest absolute Gasteiger partial charge is 0.319 e. The van der Waals surface area contributed by atoms with E-state index in [1.165, 1.54) is 0 Å². The molecule has 0 aliphatic carbocycles. The van der Waals surface area contributed by atoms with Gasteiger partial charge in [-0.2, -0.15) is 0 Å². The van der Waals surface area contributed by atoms with Crippen LogP contribution in [0.5, 0.6) is 5.75 Å². The zero-order valence-corrected chi connectivity index (χ0v) is 18.4. The molecule has 1 fully saturated rings. The van der Waals surface area contributed by atoms with E-state index in [9.17, 15) is 9.59 Å². The summed E-state index contributed by atoms with van der Waals surface area (Å²) in [5, 5.41) is 0. The quantitative estimate of drug-likeness (QED) is 0.519. The highest BCUT2D eigenvalue weighted by Crippen LogP contribution is 2.33. The number of ether oxygens (including phenoxy) is 4. The molecule has 30 heavy (non-hydrogen) atoms. The molecule has 1 saturated heterocycles. The van der Waals surface area contributed by atoms with Crippen molar-refractivity contribution < 1.29 is 28.5 Å². The third-order valence-corrected chi connectivity index (χ3v) is 5.30. The van der Waals surface area contributed by atoms with Crippen LogP contribution < -0.4 is 9.64 Å². The summed E-state index contributed by atoms with van der Waals surface area (Å²) in [5.41, 5.74) is 1.12. The Morgan fingerprint density at radius 3 is 2.70 bits per heavy atom. The fourth-order valence-electron chi connectivity index (χ4n) is 3.80. The summed E-state index contributed by atoms with van der Waals surface area (Å²) >= 11 is 0. The Balaban J connectivity index is 1.79. The van der Waals surface area contributed by atoms with E-state index < -0.39 is 17.5 Å². The molecule has 1 amide bonds. The van der Waals surface area contributed by atoms with Crippen molar-refractivity contribution in [3.8, 4) is 5.75 Å². The summed E-state index contributed by atoms with van der Waals surface area (Å²) in [6.45, 7) is 6.78. The lowest BCUT2D eigenvalue weighted by Crippen LogP contribution is -2.43. The van der Waals surface area contributed by atoms with Crippen LogP contribution in [0.1, 0.15) is 52.0 Å². The molecule has 0 N–H and O–H groups in total. The second-order valence-corrected chi connectivity index (χ2v) is 8.78. The second-order valence-electron chi connectivity index (χ2n) is 8.78. The van der Waals surface area contributed by atoms with E-state index in [1.54, 1.807) is 12.0 Å². The second kappa shape index (κ2) is 9.79. The number of fused-ring (bicyclic) bond motifs is 1. The molecule has 0 aromatic heterocycles. The third kappa shape index (κ3) is 5.73. The molecule has 0 spiro atoms. The van der Waals surface area contributed by atoms with Crippen LogP contribution >= 0.6 is 0 Å². The molecule has 0 unspecified atom stereocenters. The van der Waals surface area contributed by atoms with Crippen molar-refractivity contribution >= 4 is 17.6 Å². The molecular weight excluding hydrogens is 386 g/mol. The zero-order valence-electron chi connectivity index (χ0n) is 18.4. The topological polar surface area (TPSA) is 74.3 Å². The SMILES string of the molecule is COc1ccc2c(c1)N(CCO[C@H]1CCCCO1)C(=O)[C@H](C(=O)OC(C)(C)C)CC2. The Morgan fingerprint density at radius 2 is 2.03 bits per heavy atom. The van der Waals surface area contributed by atoms with Gasteiger partial charge in [0.05, 0.1) is 19.4 Å². The predicted octanol–water partition coefficient (Wildman–Crippen LogP) is 3.48. The van der Waals surface area contributed by atoms with Crippen molar-refractivity contribution in [2.75, 3.05) is 31.8 Å². The Kier molecular flexibility index (Phi) is 7.36. The Hall–Kier alpha value is -2.12. The molecule has 3 rings (SSSR count). The average molecular weight is 420 g/mol. The minimum atomic E-state index is -0.839.